The Balaban J connectivity index is 1.95. The summed E-state index contributed by atoms with van der Waals surface area (Å²) in [6.07, 6.45) is 1.78. The Bertz CT molecular complexity index is 652. The second kappa shape index (κ2) is 7.35. The molecule has 22 heavy (non-hydrogen) atoms. The van der Waals surface area contributed by atoms with E-state index >= 15 is 0 Å². The zero-order valence-corrected chi connectivity index (χ0v) is 13.7. The minimum Gasteiger partial charge on any atom is -0.461 e. The summed E-state index contributed by atoms with van der Waals surface area (Å²) in [5, 5.41) is 2.87. The lowest BCUT2D eigenvalue weighted by molar-refractivity contribution is -0.144. The van der Waals surface area contributed by atoms with Gasteiger partial charge in [-0.3, -0.25) is 19.7 Å². The van der Waals surface area contributed by atoms with Crippen molar-refractivity contribution in [2.45, 2.75) is 31.7 Å². The molecule has 1 aliphatic rings. The molecule has 0 bridgehead atoms. The van der Waals surface area contributed by atoms with Crippen LogP contribution in [0, 0.1) is 0 Å². The van der Waals surface area contributed by atoms with Gasteiger partial charge in [-0.1, -0.05) is 41.1 Å². The summed E-state index contributed by atoms with van der Waals surface area (Å²) < 4.78 is 5.21. The highest BCUT2D eigenvalue weighted by molar-refractivity contribution is 9.08. The van der Waals surface area contributed by atoms with Gasteiger partial charge in [-0.05, 0) is 23.1 Å². The fourth-order valence-electron chi connectivity index (χ4n) is 2.18. The van der Waals surface area contributed by atoms with Gasteiger partial charge in [0.15, 0.2) is 0 Å². The van der Waals surface area contributed by atoms with Crippen LogP contribution in [0.1, 0.15) is 30.0 Å². The first-order chi connectivity index (χ1) is 10.5. The predicted octanol–water partition coefficient (Wildman–Crippen LogP) is 2.16. The molecule has 0 saturated carbocycles. The number of halogens is 1. The number of imide groups is 1. The van der Waals surface area contributed by atoms with E-state index in [0.717, 1.165) is 29.0 Å². The van der Waals surface area contributed by atoms with Crippen LogP contribution in [0.15, 0.2) is 29.8 Å². The molecule has 0 atom stereocenters. The second-order valence-corrected chi connectivity index (χ2v) is 5.48. The van der Waals surface area contributed by atoms with Crippen molar-refractivity contribution < 1.29 is 19.1 Å². The van der Waals surface area contributed by atoms with Crippen molar-refractivity contribution in [2.24, 2.45) is 0 Å². The Morgan fingerprint density at radius 3 is 2.64 bits per heavy atom. The average molecular weight is 366 g/mol. The van der Waals surface area contributed by atoms with Gasteiger partial charge in [-0.15, -0.1) is 0 Å². The third kappa shape index (κ3) is 4.04. The van der Waals surface area contributed by atoms with Gasteiger partial charge in [0, 0.05) is 17.0 Å². The molecule has 2 rings (SSSR count). The average Bonchev–Trinajstić information content (AvgIpc) is 2.82. The van der Waals surface area contributed by atoms with Crippen molar-refractivity contribution >= 4 is 33.7 Å². The highest BCUT2D eigenvalue weighted by atomic mass is 79.9. The van der Waals surface area contributed by atoms with Crippen molar-refractivity contribution in [1.29, 1.82) is 0 Å². The van der Waals surface area contributed by atoms with Crippen LogP contribution < -0.4 is 5.32 Å². The van der Waals surface area contributed by atoms with Crippen LogP contribution in [0.2, 0.25) is 0 Å². The van der Waals surface area contributed by atoms with Crippen LogP contribution in [0.3, 0.4) is 0 Å². The standard InChI is InChI=1S/C16H16BrNO4/c1-2-11-5-10(8-17)3-4-12(11)9-22-15(20)7-13-6-14(19)18-16(13)21/h3-6H,2,7-9H2,1H3,(H,18,19,21). The Labute approximate surface area is 136 Å². The number of hydrogen-bond acceptors (Lipinski definition) is 4. The molecule has 2 amide bonds. The lowest BCUT2D eigenvalue weighted by Gasteiger charge is -2.10. The normalized spacial score (nSPS) is 13.8. The van der Waals surface area contributed by atoms with Gasteiger partial charge in [0.25, 0.3) is 11.8 Å². The number of nitrogens with one attached hydrogen (secondary N) is 1. The van der Waals surface area contributed by atoms with Crippen LogP contribution in [-0.2, 0) is 37.5 Å². The van der Waals surface area contributed by atoms with Gasteiger partial charge in [-0.2, -0.15) is 0 Å². The summed E-state index contributed by atoms with van der Waals surface area (Å²) in [5.41, 5.74) is 3.37. The highest BCUT2D eigenvalue weighted by Crippen LogP contribution is 2.17. The number of esters is 1. The molecule has 0 spiro atoms. The number of rotatable bonds is 6. The van der Waals surface area contributed by atoms with E-state index in [-0.39, 0.29) is 18.6 Å². The Kier molecular flexibility index (Phi) is 5.49. The number of ether oxygens (including phenoxy) is 1. The number of carbonyl (C=O) groups excluding carboxylic acids is 3. The predicted molar refractivity (Wildman–Crippen MR) is 84.1 cm³/mol. The van der Waals surface area contributed by atoms with E-state index in [1.165, 1.54) is 5.56 Å². The minimum atomic E-state index is -0.530. The van der Waals surface area contributed by atoms with Crippen LogP contribution in [-0.4, -0.2) is 17.8 Å². The number of alkyl halides is 1. The summed E-state index contributed by atoms with van der Waals surface area (Å²) in [5.74, 6) is -1.55. The molecule has 1 aromatic carbocycles. The molecule has 1 heterocycles. The lowest BCUT2D eigenvalue weighted by Crippen LogP contribution is -2.23. The molecule has 0 radical (unpaired) electrons. The molecule has 5 nitrogen and oxygen atoms in total. The monoisotopic (exact) mass is 365 g/mol. The van der Waals surface area contributed by atoms with E-state index in [9.17, 15) is 14.4 Å². The van der Waals surface area contributed by atoms with Crippen LogP contribution in [0.5, 0.6) is 0 Å². The maximum absolute atomic E-state index is 11.8. The van der Waals surface area contributed by atoms with Gasteiger partial charge in [0.2, 0.25) is 0 Å². The molecule has 0 fully saturated rings. The maximum atomic E-state index is 11.8. The fraction of sp³-hybridized carbons (Fsp3) is 0.312. The SMILES string of the molecule is CCc1cc(CBr)ccc1COC(=O)CC1=CC(=O)NC1=O. The minimum absolute atomic E-state index is 0.139. The van der Waals surface area contributed by atoms with Gasteiger partial charge in [-0.25, -0.2) is 0 Å². The number of hydrogen-bond donors (Lipinski definition) is 1. The third-order valence-electron chi connectivity index (χ3n) is 3.36. The Morgan fingerprint density at radius 1 is 1.27 bits per heavy atom. The first-order valence-corrected chi connectivity index (χ1v) is 8.03. The Morgan fingerprint density at radius 2 is 2.05 bits per heavy atom. The molecule has 0 aliphatic carbocycles. The smallest absolute Gasteiger partial charge is 0.310 e. The molecule has 116 valence electrons. The number of aryl methyl sites for hydroxylation is 1. The molecule has 1 aromatic rings. The molecule has 6 heteroatoms. The summed E-state index contributed by atoms with van der Waals surface area (Å²) in [6, 6.07) is 5.99. The van der Waals surface area contributed by atoms with E-state index in [2.05, 4.69) is 27.3 Å². The number of carbonyl (C=O) groups is 3. The molecular weight excluding hydrogens is 350 g/mol. The number of benzene rings is 1. The van der Waals surface area contributed by atoms with Gasteiger partial charge in [0.1, 0.15) is 6.61 Å². The van der Waals surface area contributed by atoms with Crippen LogP contribution in [0.4, 0.5) is 0 Å². The third-order valence-corrected chi connectivity index (χ3v) is 4.01. The number of amides is 2. The zero-order valence-electron chi connectivity index (χ0n) is 12.1. The molecule has 0 aromatic heterocycles. The van der Waals surface area contributed by atoms with Crippen molar-refractivity contribution in [3.63, 3.8) is 0 Å². The Hall–Kier alpha value is -1.95. The first kappa shape index (κ1) is 16.4. The van der Waals surface area contributed by atoms with Gasteiger partial charge >= 0.3 is 5.97 Å². The maximum Gasteiger partial charge on any atom is 0.310 e. The largest absolute Gasteiger partial charge is 0.461 e. The van der Waals surface area contributed by atoms with E-state index in [1.807, 2.05) is 19.1 Å². The zero-order chi connectivity index (χ0) is 16.1. The van der Waals surface area contributed by atoms with E-state index in [0.29, 0.717) is 0 Å². The first-order valence-electron chi connectivity index (χ1n) is 6.91. The van der Waals surface area contributed by atoms with E-state index < -0.39 is 17.8 Å². The van der Waals surface area contributed by atoms with E-state index in [4.69, 9.17) is 4.74 Å². The topological polar surface area (TPSA) is 72.5 Å². The van der Waals surface area contributed by atoms with Crippen molar-refractivity contribution in [3.05, 3.63) is 46.5 Å². The molecule has 1 aliphatic heterocycles. The fourth-order valence-corrected chi connectivity index (χ4v) is 2.53. The van der Waals surface area contributed by atoms with Crippen molar-refractivity contribution in [1.82, 2.24) is 5.32 Å². The molecule has 1 N–H and O–H groups in total. The second-order valence-electron chi connectivity index (χ2n) is 4.92. The summed E-state index contributed by atoms with van der Waals surface area (Å²) >= 11 is 3.41. The van der Waals surface area contributed by atoms with Crippen molar-refractivity contribution in [2.75, 3.05) is 0 Å². The summed E-state index contributed by atoms with van der Waals surface area (Å²) in [4.78, 5) is 34.1. The quantitative estimate of drug-likeness (QED) is 0.476. The van der Waals surface area contributed by atoms with Gasteiger partial charge < -0.3 is 4.74 Å². The van der Waals surface area contributed by atoms with Crippen molar-refractivity contribution in [3.8, 4) is 0 Å². The van der Waals surface area contributed by atoms with E-state index in [1.54, 1.807) is 0 Å². The van der Waals surface area contributed by atoms with Crippen LogP contribution in [0.25, 0.3) is 0 Å². The molecular formula is C16H16BrNO4. The highest BCUT2D eigenvalue weighted by Gasteiger charge is 2.23. The molecule has 0 saturated heterocycles. The molecule has 0 unspecified atom stereocenters. The summed E-state index contributed by atoms with van der Waals surface area (Å²) in [7, 11) is 0. The lowest BCUT2D eigenvalue weighted by atomic mass is 10.0. The van der Waals surface area contributed by atoms with Gasteiger partial charge in [0.05, 0.1) is 6.42 Å². The van der Waals surface area contributed by atoms with Crippen LogP contribution >= 0.6 is 15.9 Å². The summed E-state index contributed by atoms with van der Waals surface area (Å²) in [6.45, 7) is 2.20.